The van der Waals surface area contributed by atoms with Crippen molar-refractivity contribution >= 4 is 11.5 Å². The number of aromatic nitrogens is 2. The minimum Gasteiger partial charge on any atom is -0.481 e. The quantitative estimate of drug-likeness (QED) is 0.885. The second-order valence-corrected chi connectivity index (χ2v) is 4.59. The molecule has 0 unspecified atom stereocenters. The standard InChI is InChI=1S/C15H19FN4O/c1-11-18-14(10-15(19-11)21-2)20(9-3-8-17)13-6-4-12(16)5-7-13/h4-7,10H,3,8-9,17H2,1-2H3. The van der Waals surface area contributed by atoms with Gasteiger partial charge in [-0.2, -0.15) is 4.98 Å². The van der Waals surface area contributed by atoms with E-state index in [1.807, 2.05) is 4.90 Å². The van der Waals surface area contributed by atoms with E-state index in [1.165, 1.54) is 12.1 Å². The van der Waals surface area contributed by atoms with Gasteiger partial charge in [-0.15, -0.1) is 0 Å². The lowest BCUT2D eigenvalue weighted by molar-refractivity contribution is 0.395. The van der Waals surface area contributed by atoms with E-state index >= 15 is 0 Å². The van der Waals surface area contributed by atoms with Crippen LogP contribution in [-0.2, 0) is 0 Å². The van der Waals surface area contributed by atoms with E-state index in [-0.39, 0.29) is 5.82 Å². The van der Waals surface area contributed by atoms with Crippen molar-refractivity contribution in [2.24, 2.45) is 5.73 Å². The lowest BCUT2D eigenvalue weighted by Gasteiger charge is -2.24. The number of benzene rings is 1. The molecule has 0 aliphatic heterocycles. The molecular formula is C15H19FN4O. The summed E-state index contributed by atoms with van der Waals surface area (Å²) in [4.78, 5) is 10.6. The Bertz CT molecular complexity index is 589. The largest absolute Gasteiger partial charge is 0.481 e. The Balaban J connectivity index is 2.39. The first kappa shape index (κ1) is 15.2. The molecule has 0 aliphatic carbocycles. The molecule has 2 N–H and O–H groups in total. The van der Waals surface area contributed by atoms with Crippen molar-refractivity contribution in [1.82, 2.24) is 9.97 Å². The molecular weight excluding hydrogens is 271 g/mol. The van der Waals surface area contributed by atoms with Crippen LogP contribution in [0.15, 0.2) is 30.3 Å². The summed E-state index contributed by atoms with van der Waals surface area (Å²) in [5.74, 6) is 1.55. The van der Waals surface area contributed by atoms with E-state index in [2.05, 4.69) is 9.97 Å². The molecule has 1 aromatic heterocycles. The minimum absolute atomic E-state index is 0.269. The lowest BCUT2D eigenvalue weighted by atomic mass is 10.2. The van der Waals surface area contributed by atoms with Crippen molar-refractivity contribution in [2.75, 3.05) is 25.1 Å². The molecule has 5 nitrogen and oxygen atoms in total. The molecule has 0 saturated heterocycles. The third-order valence-electron chi connectivity index (χ3n) is 3.01. The van der Waals surface area contributed by atoms with Gasteiger partial charge in [0.05, 0.1) is 7.11 Å². The first-order chi connectivity index (χ1) is 10.1. The Morgan fingerprint density at radius 1 is 1.24 bits per heavy atom. The normalized spacial score (nSPS) is 10.5. The summed E-state index contributed by atoms with van der Waals surface area (Å²) in [6, 6.07) is 8.05. The zero-order chi connectivity index (χ0) is 15.2. The first-order valence-electron chi connectivity index (χ1n) is 6.77. The predicted octanol–water partition coefficient (Wildman–Crippen LogP) is 2.42. The molecule has 6 heteroatoms. The highest BCUT2D eigenvalue weighted by atomic mass is 19.1. The van der Waals surface area contributed by atoms with Crippen molar-refractivity contribution in [3.63, 3.8) is 0 Å². The molecule has 21 heavy (non-hydrogen) atoms. The second-order valence-electron chi connectivity index (χ2n) is 4.59. The highest BCUT2D eigenvalue weighted by molar-refractivity contribution is 5.60. The number of nitrogens with zero attached hydrogens (tertiary/aromatic N) is 3. The highest BCUT2D eigenvalue weighted by Crippen LogP contribution is 2.26. The van der Waals surface area contributed by atoms with Crippen LogP contribution in [0.25, 0.3) is 0 Å². The number of anilines is 2. The number of hydrogen-bond acceptors (Lipinski definition) is 5. The van der Waals surface area contributed by atoms with E-state index in [4.69, 9.17) is 10.5 Å². The van der Waals surface area contributed by atoms with Gasteiger partial charge < -0.3 is 15.4 Å². The Morgan fingerprint density at radius 2 is 1.95 bits per heavy atom. The Kier molecular flexibility index (Phi) is 5.05. The summed E-state index contributed by atoms with van der Waals surface area (Å²) in [6.07, 6.45) is 0.794. The van der Waals surface area contributed by atoms with Crippen molar-refractivity contribution in [2.45, 2.75) is 13.3 Å². The van der Waals surface area contributed by atoms with Gasteiger partial charge in [0, 0.05) is 18.3 Å². The fourth-order valence-corrected chi connectivity index (χ4v) is 2.01. The maximum absolute atomic E-state index is 13.1. The molecule has 0 atom stereocenters. The first-order valence-corrected chi connectivity index (χ1v) is 6.77. The van der Waals surface area contributed by atoms with E-state index in [1.54, 1.807) is 32.2 Å². The Hall–Kier alpha value is -2.21. The zero-order valence-corrected chi connectivity index (χ0v) is 12.2. The van der Waals surface area contributed by atoms with Gasteiger partial charge >= 0.3 is 0 Å². The highest BCUT2D eigenvalue weighted by Gasteiger charge is 2.13. The Labute approximate surface area is 123 Å². The summed E-state index contributed by atoms with van der Waals surface area (Å²) < 4.78 is 18.3. The molecule has 0 aliphatic rings. The van der Waals surface area contributed by atoms with E-state index in [0.717, 1.165) is 12.1 Å². The fourth-order valence-electron chi connectivity index (χ4n) is 2.01. The number of aryl methyl sites for hydroxylation is 1. The van der Waals surface area contributed by atoms with E-state index < -0.39 is 0 Å². The van der Waals surface area contributed by atoms with Gasteiger partial charge in [-0.05, 0) is 44.2 Å². The van der Waals surface area contributed by atoms with Gasteiger partial charge in [-0.25, -0.2) is 9.37 Å². The fraction of sp³-hybridized carbons (Fsp3) is 0.333. The van der Waals surface area contributed by atoms with E-state index in [0.29, 0.717) is 30.6 Å². The molecule has 0 bridgehead atoms. The van der Waals surface area contributed by atoms with Gasteiger partial charge in [0.2, 0.25) is 5.88 Å². The van der Waals surface area contributed by atoms with Crippen molar-refractivity contribution in [1.29, 1.82) is 0 Å². The van der Waals surface area contributed by atoms with Gasteiger partial charge in [-0.3, -0.25) is 0 Å². The zero-order valence-electron chi connectivity index (χ0n) is 12.2. The SMILES string of the molecule is COc1cc(N(CCCN)c2ccc(F)cc2)nc(C)n1. The molecule has 1 heterocycles. The number of hydrogen-bond donors (Lipinski definition) is 1. The lowest BCUT2D eigenvalue weighted by Crippen LogP contribution is -2.22. The summed E-state index contributed by atoms with van der Waals surface area (Å²) >= 11 is 0. The van der Waals surface area contributed by atoms with Gasteiger partial charge in [0.15, 0.2) is 0 Å². The smallest absolute Gasteiger partial charge is 0.218 e. The summed E-state index contributed by atoms with van der Waals surface area (Å²) in [5, 5.41) is 0. The molecule has 0 fully saturated rings. The maximum Gasteiger partial charge on any atom is 0.218 e. The van der Waals surface area contributed by atoms with Crippen molar-refractivity contribution < 1.29 is 9.13 Å². The topological polar surface area (TPSA) is 64.3 Å². The molecule has 2 aromatic rings. The Morgan fingerprint density at radius 3 is 2.57 bits per heavy atom. The number of halogens is 1. The molecule has 0 spiro atoms. The number of methoxy groups -OCH3 is 1. The average Bonchev–Trinajstić information content (AvgIpc) is 2.49. The van der Waals surface area contributed by atoms with Crippen LogP contribution in [0.4, 0.5) is 15.9 Å². The van der Waals surface area contributed by atoms with Crippen molar-refractivity contribution in [3.05, 3.63) is 42.0 Å². The van der Waals surface area contributed by atoms with Gasteiger partial charge in [0.1, 0.15) is 17.5 Å². The summed E-state index contributed by atoms with van der Waals surface area (Å²) in [6.45, 7) is 3.05. The van der Waals surface area contributed by atoms with Crippen LogP contribution in [0, 0.1) is 12.7 Å². The van der Waals surface area contributed by atoms with E-state index in [9.17, 15) is 4.39 Å². The molecule has 0 saturated carbocycles. The van der Waals surface area contributed by atoms with Crippen LogP contribution in [-0.4, -0.2) is 30.2 Å². The minimum atomic E-state index is -0.269. The third kappa shape index (κ3) is 3.88. The maximum atomic E-state index is 13.1. The molecule has 0 radical (unpaired) electrons. The average molecular weight is 290 g/mol. The summed E-state index contributed by atoms with van der Waals surface area (Å²) in [5.41, 5.74) is 6.45. The number of nitrogens with two attached hydrogens (primary N) is 1. The van der Waals surface area contributed by atoms with Crippen LogP contribution in [0.1, 0.15) is 12.2 Å². The van der Waals surface area contributed by atoms with Crippen molar-refractivity contribution in [3.8, 4) is 5.88 Å². The summed E-state index contributed by atoms with van der Waals surface area (Å²) in [7, 11) is 1.56. The monoisotopic (exact) mass is 290 g/mol. The van der Waals surface area contributed by atoms with Crippen LogP contribution in [0.5, 0.6) is 5.88 Å². The molecule has 1 aromatic carbocycles. The van der Waals surface area contributed by atoms with Gasteiger partial charge in [-0.1, -0.05) is 0 Å². The molecule has 2 rings (SSSR count). The van der Waals surface area contributed by atoms with Gasteiger partial charge in [0.25, 0.3) is 0 Å². The van der Waals surface area contributed by atoms with Crippen LogP contribution < -0.4 is 15.4 Å². The second kappa shape index (κ2) is 6.99. The number of ether oxygens (including phenoxy) is 1. The van der Waals surface area contributed by atoms with Crippen LogP contribution in [0.2, 0.25) is 0 Å². The molecule has 112 valence electrons. The molecule has 0 amide bonds. The number of rotatable bonds is 6. The predicted molar refractivity (Wildman–Crippen MR) is 80.4 cm³/mol. The third-order valence-corrected chi connectivity index (χ3v) is 3.01. The van der Waals surface area contributed by atoms with Crippen LogP contribution in [0.3, 0.4) is 0 Å². The van der Waals surface area contributed by atoms with Crippen LogP contribution >= 0.6 is 0 Å².